The van der Waals surface area contributed by atoms with Gasteiger partial charge in [0.15, 0.2) is 0 Å². The number of benzene rings is 1. The van der Waals surface area contributed by atoms with Gasteiger partial charge in [-0.25, -0.2) is 0 Å². The Morgan fingerprint density at radius 1 is 1.23 bits per heavy atom. The molecule has 1 aliphatic heterocycles. The minimum absolute atomic E-state index is 0.0636. The van der Waals surface area contributed by atoms with Gasteiger partial charge in [0.1, 0.15) is 11.2 Å². The van der Waals surface area contributed by atoms with Crippen molar-refractivity contribution in [2.45, 2.75) is 32.4 Å². The van der Waals surface area contributed by atoms with Gasteiger partial charge in [-0.1, -0.05) is 35.0 Å². The van der Waals surface area contributed by atoms with Gasteiger partial charge in [-0.3, -0.25) is 4.79 Å². The van der Waals surface area contributed by atoms with Crippen LogP contribution in [0.15, 0.2) is 28.7 Å². The lowest BCUT2D eigenvalue weighted by atomic mass is 9.88. The average molecular weight is 377 g/mol. The lowest BCUT2D eigenvalue weighted by molar-refractivity contribution is 0.0935. The van der Waals surface area contributed by atoms with Crippen molar-refractivity contribution < 1.29 is 4.79 Å². The summed E-state index contributed by atoms with van der Waals surface area (Å²) in [4.78, 5) is 14.0. The van der Waals surface area contributed by atoms with Gasteiger partial charge < -0.3 is 10.6 Å². The lowest BCUT2D eigenvalue weighted by Crippen LogP contribution is -2.38. The highest BCUT2D eigenvalue weighted by Crippen LogP contribution is 2.42. The van der Waals surface area contributed by atoms with Crippen molar-refractivity contribution in [3.8, 4) is 0 Å². The number of nitrogens with one attached hydrogen (secondary N) is 2. The SMILES string of the molecule is C[C@H]1CCc2c(sc3c2C(=O)N[C@@H](c2ccc(Br)cc2)N3)C1. The van der Waals surface area contributed by atoms with Crippen molar-refractivity contribution in [2.75, 3.05) is 5.32 Å². The third-order valence-corrected chi connectivity index (χ3v) is 6.21. The standard InChI is InChI=1S/C17H17BrN2OS/c1-9-2-7-12-13(8-9)22-17-14(12)16(21)19-15(20-17)10-3-5-11(18)6-4-10/h3-6,9,15,20H,2,7-8H2,1H3,(H,19,21)/t9-,15+/m0/s1. The second-order valence-electron chi connectivity index (χ2n) is 6.16. The van der Waals surface area contributed by atoms with Gasteiger partial charge in [0.25, 0.3) is 5.91 Å². The van der Waals surface area contributed by atoms with E-state index in [1.54, 1.807) is 11.3 Å². The second kappa shape index (κ2) is 5.39. The van der Waals surface area contributed by atoms with Crippen molar-refractivity contribution in [3.05, 3.63) is 50.3 Å². The van der Waals surface area contributed by atoms with Gasteiger partial charge in [-0.15, -0.1) is 11.3 Å². The monoisotopic (exact) mass is 376 g/mol. The number of rotatable bonds is 1. The Kier molecular flexibility index (Phi) is 3.50. The molecule has 0 bridgehead atoms. The molecule has 0 saturated carbocycles. The number of thiophene rings is 1. The summed E-state index contributed by atoms with van der Waals surface area (Å²) >= 11 is 5.21. The van der Waals surface area contributed by atoms with Gasteiger partial charge in [0, 0.05) is 9.35 Å². The Bertz CT molecular complexity index is 738. The molecule has 1 amide bonds. The van der Waals surface area contributed by atoms with E-state index in [4.69, 9.17) is 0 Å². The van der Waals surface area contributed by atoms with Crippen LogP contribution in [-0.4, -0.2) is 5.91 Å². The maximum atomic E-state index is 12.6. The smallest absolute Gasteiger partial charge is 0.256 e. The fourth-order valence-corrected chi connectivity index (χ4v) is 4.99. The molecule has 2 aromatic rings. The highest BCUT2D eigenvalue weighted by molar-refractivity contribution is 9.10. The fourth-order valence-electron chi connectivity index (χ4n) is 3.28. The van der Waals surface area contributed by atoms with Crippen molar-refractivity contribution in [1.29, 1.82) is 0 Å². The van der Waals surface area contributed by atoms with Crippen LogP contribution in [0.25, 0.3) is 0 Å². The molecule has 2 atom stereocenters. The number of halogens is 1. The maximum Gasteiger partial charge on any atom is 0.256 e. The molecule has 0 spiro atoms. The Balaban J connectivity index is 1.69. The van der Waals surface area contributed by atoms with Crippen molar-refractivity contribution in [3.63, 3.8) is 0 Å². The molecule has 1 aliphatic carbocycles. The van der Waals surface area contributed by atoms with Gasteiger partial charge in [-0.2, -0.15) is 0 Å². The fraction of sp³-hybridized carbons (Fsp3) is 0.353. The number of fused-ring (bicyclic) bond motifs is 3. The molecule has 0 fully saturated rings. The molecule has 4 rings (SSSR count). The van der Waals surface area contributed by atoms with Crippen molar-refractivity contribution >= 4 is 38.2 Å². The van der Waals surface area contributed by atoms with E-state index in [0.29, 0.717) is 0 Å². The highest BCUT2D eigenvalue weighted by Gasteiger charge is 2.32. The first-order valence-corrected chi connectivity index (χ1v) is 9.20. The predicted molar refractivity (Wildman–Crippen MR) is 93.5 cm³/mol. The Morgan fingerprint density at radius 2 is 2.00 bits per heavy atom. The number of anilines is 1. The summed E-state index contributed by atoms with van der Waals surface area (Å²) in [5.41, 5.74) is 3.24. The molecule has 2 aliphatic rings. The quantitative estimate of drug-likeness (QED) is 0.769. The highest BCUT2D eigenvalue weighted by atomic mass is 79.9. The summed E-state index contributed by atoms with van der Waals surface area (Å²) in [6.45, 7) is 2.29. The second-order valence-corrected chi connectivity index (χ2v) is 8.18. The Labute approximate surface area is 142 Å². The largest absolute Gasteiger partial charge is 0.353 e. The predicted octanol–water partition coefficient (Wildman–Crippen LogP) is 4.49. The Morgan fingerprint density at radius 3 is 2.77 bits per heavy atom. The number of carbonyl (C=O) groups excluding carboxylic acids is 1. The summed E-state index contributed by atoms with van der Waals surface area (Å²) in [6.07, 6.45) is 3.16. The summed E-state index contributed by atoms with van der Waals surface area (Å²) in [6, 6.07) is 8.06. The third-order valence-electron chi connectivity index (χ3n) is 4.49. The van der Waals surface area contributed by atoms with Crippen molar-refractivity contribution in [1.82, 2.24) is 5.32 Å². The first-order valence-electron chi connectivity index (χ1n) is 7.59. The minimum Gasteiger partial charge on any atom is -0.353 e. The van der Waals surface area contributed by atoms with Crippen molar-refractivity contribution in [2.24, 2.45) is 5.92 Å². The van der Waals surface area contributed by atoms with E-state index in [0.717, 1.165) is 39.4 Å². The van der Waals surface area contributed by atoms with Crippen LogP contribution in [0.4, 0.5) is 5.00 Å². The molecule has 0 unspecified atom stereocenters. The van der Waals surface area contributed by atoms with Crippen LogP contribution in [-0.2, 0) is 12.8 Å². The van der Waals surface area contributed by atoms with E-state index < -0.39 is 0 Å². The topological polar surface area (TPSA) is 41.1 Å². The Hall–Kier alpha value is -1.33. The van der Waals surface area contributed by atoms with E-state index in [-0.39, 0.29) is 12.1 Å². The molecule has 1 aromatic carbocycles. The van der Waals surface area contributed by atoms with E-state index in [1.807, 2.05) is 24.3 Å². The molecule has 1 aromatic heterocycles. The average Bonchev–Trinajstić information content (AvgIpc) is 2.85. The van der Waals surface area contributed by atoms with Crippen LogP contribution in [0, 0.1) is 5.92 Å². The minimum atomic E-state index is -0.148. The zero-order valence-corrected chi connectivity index (χ0v) is 14.7. The summed E-state index contributed by atoms with van der Waals surface area (Å²) < 4.78 is 1.04. The molecule has 3 nitrogen and oxygen atoms in total. The van der Waals surface area contributed by atoms with E-state index >= 15 is 0 Å². The van der Waals surface area contributed by atoms with Crippen LogP contribution >= 0.6 is 27.3 Å². The van der Waals surface area contributed by atoms with Crippen LogP contribution < -0.4 is 10.6 Å². The molecule has 5 heteroatoms. The molecule has 0 saturated heterocycles. The molecule has 2 heterocycles. The van der Waals surface area contributed by atoms with Crippen LogP contribution in [0.1, 0.15) is 45.9 Å². The number of hydrogen-bond donors (Lipinski definition) is 2. The summed E-state index contributed by atoms with van der Waals surface area (Å²) in [7, 11) is 0. The first kappa shape index (κ1) is 14.3. The summed E-state index contributed by atoms with van der Waals surface area (Å²) in [5.74, 6) is 0.784. The first-order chi connectivity index (χ1) is 10.6. The van der Waals surface area contributed by atoms with E-state index in [1.165, 1.54) is 16.9 Å². The van der Waals surface area contributed by atoms with Gasteiger partial charge in [0.05, 0.1) is 5.56 Å². The van der Waals surface area contributed by atoms with Gasteiger partial charge in [-0.05, 0) is 48.4 Å². The molecular formula is C17H17BrN2OS. The number of amides is 1. The van der Waals surface area contributed by atoms with E-state index in [9.17, 15) is 4.79 Å². The molecule has 114 valence electrons. The van der Waals surface area contributed by atoms with Gasteiger partial charge in [0.2, 0.25) is 0 Å². The number of hydrogen-bond acceptors (Lipinski definition) is 3. The normalized spacial score (nSPS) is 23.3. The number of carbonyl (C=O) groups is 1. The molecule has 22 heavy (non-hydrogen) atoms. The molecule has 0 radical (unpaired) electrons. The zero-order chi connectivity index (χ0) is 15.3. The molecular weight excluding hydrogens is 360 g/mol. The lowest BCUT2D eigenvalue weighted by Gasteiger charge is -2.27. The van der Waals surface area contributed by atoms with Crippen LogP contribution in [0.2, 0.25) is 0 Å². The maximum absolute atomic E-state index is 12.6. The summed E-state index contributed by atoms with van der Waals surface area (Å²) in [5, 5.41) is 7.64. The molecule has 2 N–H and O–H groups in total. The third kappa shape index (κ3) is 2.36. The van der Waals surface area contributed by atoms with Crippen LogP contribution in [0.5, 0.6) is 0 Å². The zero-order valence-electron chi connectivity index (χ0n) is 12.3. The van der Waals surface area contributed by atoms with E-state index in [2.05, 4.69) is 33.5 Å². The van der Waals surface area contributed by atoms with Gasteiger partial charge >= 0.3 is 0 Å². The van der Waals surface area contributed by atoms with Crippen LogP contribution in [0.3, 0.4) is 0 Å².